The zero-order chi connectivity index (χ0) is 37.5. The lowest BCUT2D eigenvalue weighted by Gasteiger charge is -2.16. The number of hydrogen-bond acceptors (Lipinski definition) is 0. The molecule has 0 radical (unpaired) electrons. The highest BCUT2D eigenvalue weighted by molar-refractivity contribution is 6.40. The third-order valence-corrected chi connectivity index (χ3v) is 11.8. The van der Waals surface area contributed by atoms with E-state index in [1.165, 1.54) is 87.7 Å². The third-order valence-electron chi connectivity index (χ3n) is 11.8. The van der Waals surface area contributed by atoms with Crippen molar-refractivity contribution in [2.75, 3.05) is 0 Å². The van der Waals surface area contributed by atoms with Crippen LogP contribution in [0.25, 0.3) is 105 Å². The lowest BCUT2D eigenvalue weighted by Crippen LogP contribution is -2.00. The smallest absolute Gasteiger partial charge is 0.0810 e. The van der Waals surface area contributed by atoms with Gasteiger partial charge in [0, 0.05) is 49.4 Å². The minimum Gasteiger partial charge on any atom is -0.308 e. The zero-order valence-corrected chi connectivity index (χ0v) is 31.0. The van der Waals surface area contributed by atoms with Crippen molar-refractivity contribution in [3.63, 3.8) is 0 Å². The highest BCUT2D eigenvalue weighted by atomic mass is 15.1. The maximum absolute atomic E-state index is 2.56. The van der Waals surface area contributed by atoms with Crippen LogP contribution in [0.3, 0.4) is 0 Å². The highest BCUT2D eigenvalue weighted by Gasteiger charge is 2.28. The molecule has 57 heavy (non-hydrogen) atoms. The van der Waals surface area contributed by atoms with Crippen LogP contribution in [0.15, 0.2) is 212 Å². The predicted molar refractivity (Wildman–Crippen MR) is 240 cm³/mol. The van der Waals surface area contributed by atoms with Gasteiger partial charge in [-0.2, -0.15) is 0 Å². The van der Waals surface area contributed by atoms with Crippen LogP contribution < -0.4 is 0 Å². The average Bonchev–Trinajstić information content (AvgIpc) is 3.94. The highest BCUT2D eigenvalue weighted by Crippen LogP contribution is 2.50. The summed E-state index contributed by atoms with van der Waals surface area (Å²) in [5.74, 6) is 0. The Morgan fingerprint density at radius 2 is 0.561 bits per heavy atom. The topological polar surface area (TPSA) is 14.8 Å². The minimum absolute atomic E-state index is 1.13. The van der Waals surface area contributed by atoms with Crippen LogP contribution in [0.4, 0.5) is 0 Å². The molecule has 0 spiro atoms. The fourth-order valence-corrected chi connectivity index (χ4v) is 9.44. The summed E-state index contributed by atoms with van der Waals surface area (Å²) in [6.45, 7) is 0. The number of para-hydroxylation sites is 5. The van der Waals surface area contributed by atoms with Gasteiger partial charge >= 0.3 is 0 Å². The molecule has 9 aromatic carbocycles. The molecule has 0 fully saturated rings. The summed E-state index contributed by atoms with van der Waals surface area (Å²) in [4.78, 5) is 0. The van der Waals surface area contributed by atoms with Crippen LogP contribution in [0.2, 0.25) is 0 Å². The van der Waals surface area contributed by atoms with Gasteiger partial charge in [0.15, 0.2) is 0 Å². The Labute approximate surface area is 329 Å². The first-order valence-corrected chi connectivity index (χ1v) is 19.6. The first kappa shape index (κ1) is 31.7. The van der Waals surface area contributed by atoms with Crippen molar-refractivity contribution in [2.24, 2.45) is 0 Å². The maximum Gasteiger partial charge on any atom is 0.0810 e. The van der Waals surface area contributed by atoms with Gasteiger partial charge in [0.05, 0.1) is 33.1 Å². The summed E-state index contributed by atoms with van der Waals surface area (Å²) in [6, 6.07) is 77.4. The van der Waals surface area contributed by atoms with Gasteiger partial charge in [-0.3, -0.25) is 0 Å². The van der Waals surface area contributed by atoms with E-state index in [-0.39, 0.29) is 0 Å². The molecule has 0 saturated heterocycles. The Hall–Kier alpha value is -7.62. The van der Waals surface area contributed by atoms with E-state index in [1.54, 1.807) is 0 Å². The molecular formula is C54H35N3. The minimum atomic E-state index is 1.13. The number of hydrogen-bond donors (Lipinski definition) is 0. The first-order chi connectivity index (χ1) is 28.3. The van der Waals surface area contributed by atoms with Gasteiger partial charge in [-0.15, -0.1) is 0 Å². The molecule has 3 nitrogen and oxygen atoms in total. The fraction of sp³-hybridized carbons (Fsp3) is 0. The third kappa shape index (κ3) is 4.66. The Kier molecular flexibility index (Phi) is 6.93. The molecule has 0 saturated carbocycles. The molecule has 3 heterocycles. The van der Waals surface area contributed by atoms with Crippen LogP contribution in [0.5, 0.6) is 0 Å². The van der Waals surface area contributed by atoms with Crippen LogP contribution in [0, 0.1) is 0 Å². The molecular weight excluding hydrogens is 691 g/mol. The molecule has 266 valence electrons. The predicted octanol–water partition coefficient (Wildman–Crippen LogP) is 14.3. The fourth-order valence-electron chi connectivity index (χ4n) is 9.44. The second-order valence-electron chi connectivity index (χ2n) is 14.9. The SMILES string of the molecule is c1ccc(-c2cc(-c3ccccc3)cc(-n3c4ccccc4c4c5c6ccccc6n(-c6ccccc6)c5c5c(c6ccccc6n5-c5ccccc5)c43)c2)cc1. The van der Waals surface area contributed by atoms with E-state index in [1.807, 2.05) is 0 Å². The zero-order valence-electron chi connectivity index (χ0n) is 31.0. The van der Waals surface area contributed by atoms with Crippen molar-refractivity contribution in [3.05, 3.63) is 212 Å². The molecule has 0 N–H and O–H groups in total. The van der Waals surface area contributed by atoms with Gasteiger partial charge in [0.2, 0.25) is 0 Å². The molecule has 3 aromatic heterocycles. The number of benzene rings is 9. The van der Waals surface area contributed by atoms with Gasteiger partial charge in [-0.25, -0.2) is 0 Å². The van der Waals surface area contributed by atoms with Crippen LogP contribution in [-0.2, 0) is 0 Å². The number of aromatic nitrogens is 3. The van der Waals surface area contributed by atoms with E-state index in [0.717, 1.165) is 17.1 Å². The second kappa shape index (κ2) is 12.5. The molecule has 0 aliphatic heterocycles. The lowest BCUT2D eigenvalue weighted by atomic mass is 9.97. The van der Waals surface area contributed by atoms with E-state index < -0.39 is 0 Å². The Morgan fingerprint density at radius 1 is 0.228 bits per heavy atom. The Bertz CT molecular complexity index is 3420. The van der Waals surface area contributed by atoms with E-state index in [4.69, 9.17) is 0 Å². The largest absolute Gasteiger partial charge is 0.308 e. The van der Waals surface area contributed by atoms with Crippen molar-refractivity contribution in [1.29, 1.82) is 0 Å². The summed E-state index contributed by atoms with van der Waals surface area (Å²) in [6.07, 6.45) is 0. The quantitative estimate of drug-likeness (QED) is 0.168. The Morgan fingerprint density at radius 3 is 1.02 bits per heavy atom. The van der Waals surface area contributed by atoms with Gasteiger partial charge < -0.3 is 13.7 Å². The Balaban J connectivity index is 1.38. The maximum atomic E-state index is 2.56. The molecule has 12 aromatic rings. The van der Waals surface area contributed by atoms with Gasteiger partial charge in [0.1, 0.15) is 0 Å². The number of fused-ring (bicyclic) bond motifs is 12. The molecule has 0 bridgehead atoms. The van der Waals surface area contributed by atoms with E-state index in [9.17, 15) is 0 Å². The summed E-state index contributed by atoms with van der Waals surface area (Å²) in [7, 11) is 0. The van der Waals surface area contributed by atoms with Gasteiger partial charge in [-0.05, 0) is 82.9 Å². The van der Waals surface area contributed by atoms with Crippen LogP contribution >= 0.6 is 0 Å². The van der Waals surface area contributed by atoms with Crippen molar-refractivity contribution in [1.82, 2.24) is 13.7 Å². The summed E-state index contributed by atoms with van der Waals surface area (Å²) < 4.78 is 7.56. The normalized spacial score (nSPS) is 11.9. The summed E-state index contributed by atoms with van der Waals surface area (Å²) in [5, 5.41) is 7.45. The number of rotatable bonds is 5. The van der Waals surface area contributed by atoms with E-state index >= 15 is 0 Å². The van der Waals surface area contributed by atoms with Gasteiger partial charge in [0.25, 0.3) is 0 Å². The monoisotopic (exact) mass is 725 g/mol. The molecule has 0 aliphatic carbocycles. The summed E-state index contributed by atoms with van der Waals surface area (Å²) in [5.41, 5.74) is 15.3. The second-order valence-corrected chi connectivity index (χ2v) is 14.9. The van der Waals surface area contributed by atoms with Crippen LogP contribution in [-0.4, -0.2) is 13.7 Å². The number of nitrogens with zero attached hydrogens (tertiary/aromatic N) is 3. The molecule has 12 rings (SSSR count). The van der Waals surface area contributed by atoms with Crippen molar-refractivity contribution in [2.45, 2.75) is 0 Å². The molecule has 0 unspecified atom stereocenters. The standard InChI is InChI=1S/C54H35N3/c1-5-19-36(20-6-1)38-33-39(37-21-7-2-8-22-37)35-42(34-38)57-47-31-17-13-27-43(47)49-50-44-28-14-16-30-46(44)55(40-23-9-3-10-24-40)53(50)54-51(52(49)57)45-29-15-18-32-48(45)56(54)41-25-11-4-12-26-41/h1-35H. The van der Waals surface area contributed by atoms with Crippen molar-refractivity contribution in [3.8, 4) is 39.3 Å². The van der Waals surface area contributed by atoms with Crippen molar-refractivity contribution >= 4 is 65.4 Å². The molecule has 0 atom stereocenters. The summed E-state index contributed by atoms with van der Waals surface area (Å²) >= 11 is 0. The average molecular weight is 726 g/mol. The first-order valence-electron chi connectivity index (χ1n) is 19.6. The molecule has 0 aliphatic rings. The van der Waals surface area contributed by atoms with E-state index in [0.29, 0.717) is 0 Å². The van der Waals surface area contributed by atoms with Gasteiger partial charge in [-0.1, -0.05) is 152 Å². The lowest BCUT2D eigenvalue weighted by molar-refractivity contribution is 1.15. The molecule has 0 amide bonds. The van der Waals surface area contributed by atoms with Crippen LogP contribution in [0.1, 0.15) is 0 Å². The molecule has 3 heteroatoms. The van der Waals surface area contributed by atoms with E-state index in [2.05, 4.69) is 226 Å². The van der Waals surface area contributed by atoms with Crippen molar-refractivity contribution < 1.29 is 0 Å².